The minimum Gasteiger partial charge on any atom is -0.338 e. The highest BCUT2D eigenvalue weighted by Crippen LogP contribution is 2.28. The lowest BCUT2D eigenvalue weighted by Crippen LogP contribution is -2.45. The molecular formula is C15H20FN3O3. The average Bonchev–Trinajstić information content (AvgIpc) is 2.45. The number of benzene rings is 1. The largest absolute Gasteiger partial charge is 0.338 e. The molecule has 22 heavy (non-hydrogen) atoms. The van der Waals surface area contributed by atoms with Gasteiger partial charge in [0.1, 0.15) is 11.4 Å². The number of nitro groups is 1. The Bertz CT molecular complexity index is 604. The minimum atomic E-state index is -0.646. The van der Waals surface area contributed by atoms with Gasteiger partial charge in [0, 0.05) is 24.7 Å². The molecule has 0 aliphatic carbocycles. The van der Waals surface area contributed by atoms with Crippen LogP contribution in [0.15, 0.2) is 12.1 Å². The molecular weight excluding hydrogens is 289 g/mol. The Morgan fingerprint density at radius 3 is 2.82 bits per heavy atom. The standard InChI is InChI=1S/C15H20FN3O3/c1-9-6-12(16)7-13(14(9)19(21)22)15(20)18-5-3-4-11(8-18)10(2)17/h6-7,10-11H,3-5,8,17H2,1-2H3. The summed E-state index contributed by atoms with van der Waals surface area (Å²) in [5, 5.41) is 11.2. The highest BCUT2D eigenvalue weighted by molar-refractivity contribution is 5.98. The van der Waals surface area contributed by atoms with Gasteiger partial charge in [0.2, 0.25) is 0 Å². The first-order valence-corrected chi connectivity index (χ1v) is 7.30. The Hall–Kier alpha value is -2.02. The molecule has 2 N–H and O–H groups in total. The van der Waals surface area contributed by atoms with Crippen LogP contribution in [0.2, 0.25) is 0 Å². The molecule has 7 heteroatoms. The van der Waals surface area contributed by atoms with Crippen molar-refractivity contribution in [3.05, 3.63) is 39.2 Å². The molecule has 0 radical (unpaired) electrons. The number of hydrogen-bond donors (Lipinski definition) is 1. The van der Waals surface area contributed by atoms with Crippen molar-refractivity contribution in [3.63, 3.8) is 0 Å². The van der Waals surface area contributed by atoms with Crippen LogP contribution in [0.5, 0.6) is 0 Å². The number of halogens is 1. The van der Waals surface area contributed by atoms with Crippen molar-refractivity contribution < 1.29 is 14.1 Å². The molecule has 2 atom stereocenters. The summed E-state index contributed by atoms with van der Waals surface area (Å²) < 4.78 is 13.6. The Balaban J connectivity index is 2.35. The van der Waals surface area contributed by atoms with Crippen LogP contribution in [0.3, 0.4) is 0 Å². The van der Waals surface area contributed by atoms with Gasteiger partial charge in [0.05, 0.1) is 4.92 Å². The van der Waals surface area contributed by atoms with Crippen LogP contribution in [-0.4, -0.2) is 34.9 Å². The third-order valence-corrected chi connectivity index (χ3v) is 4.17. The number of nitrogens with two attached hydrogens (primary N) is 1. The van der Waals surface area contributed by atoms with Crippen molar-refractivity contribution in [3.8, 4) is 0 Å². The molecule has 120 valence electrons. The summed E-state index contributed by atoms with van der Waals surface area (Å²) in [7, 11) is 0. The predicted molar refractivity (Wildman–Crippen MR) is 80.1 cm³/mol. The van der Waals surface area contributed by atoms with Crippen LogP contribution in [0, 0.1) is 28.8 Å². The molecule has 1 fully saturated rings. The van der Waals surface area contributed by atoms with E-state index in [1.54, 1.807) is 4.90 Å². The number of hydrogen-bond acceptors (Lipinski definition) is 4. The van der Waals surface area contributed by atoms with Crippen LogP contribution < -0.4 is 5.73 Å². The van der Waals surface area contributed by atoms with Crippen LogP contribution in [0.1, 0.15) is 35.7 Å². The van der Waals surface area contributed by atoms with E-state index in [1.165, 1.54) is 6.92 Å². The lowest BCUT2D eigenvalue weighted by atomic mass is 9.91. The third kappa shape index (κ3) is 3.24. The first-order valence-electron chi connectivity index (χ1n) is 7.30. The molecule has 0 aromatic heterocycles. The number of carbonyl (C=O) groups excluding carboxylic acids is 1. The van der Waals surface area contributed by atoms with Crippen LogP contribution in [0.25, 0.3) is 0 Å². The quantitative estimate of drug-likeness (QED) is 0.685. The van der Waals surface area contributed by atoms with Gasteiger partial charge >= 0.3 is 0 Å². The molecule has 1 heterocycles. The van der Waals surface area contributed by atoms with Gasteiger partial charge < -0.3 is 10.6 Å². The lowest BCUT2D eigenvalue weighted by Gasteiger charge is -2.34. The lowest BCUT2D eigenvalue weighted by molar-refractivity contribution is -0.385. The first-order chi connectivity index (χ1) is 10.3. The van der Waals surface area contributed by atoms with Crippen LogP contribution in [0.4, 0.5) is 10.1 Å². The van der Waals surface area contributed by atoms with Gasteiger partial charge in [-0.2, -0.15) is 0 Å². The van der Waals surface area contributed by atoms with Crippen LogP contribution >= 0.6 is 0 Å². The third-order valence-electron chi connectivity index (χ3n) is 4.17. The maximum absolute atomic E-state index is 13.6. The highest BCUT2D eigenvalue weighted by atomic mass is 19.1. The summed E-state index contributed by atoms with van der Waals surface area (Å²) in [4.78, 5) is 24.7. The van der Waals surface area contributed by atoms with E-state index in [1.807, 2.05) is 6.92 Å². The summed E-state index contributed by atoms with van der Waals surface area (Å²) >= 11 is 0. The number of likely N-dealkylation sites (tertiary alicyclic amines) is 1. The molecule has 1 aromatic carbocycles. The summed E-state index contributed by atoms with van der Waals surface area (Å²) in [6.07, 6.45) is 1.71. The zero-order chi connectivity index (χ0) is 16.4. The number of nitrogens with zero attached hydrogens (tertiary/aromatic N) is 2. The number of amides is 1. The zero-order valence-corrected chi connectivity index (χ0v) is 12.7. The van der Waals surface area contributed by atoms with Gasteiger partial charge in [-0.15, -0.1) is 0 Å². The first kappa shape index (κ1) is 16.4. The molecule has 0 saturated carbocycles. The number of piperidine rings is 1. The van der Waals surface area contributed by atoms with Crippen molar-refractivity contribution in [2.24, 2.45) is 11.7 Å². The van der Waals surface area contributed by atoms with E-state index in [0.717, 1.165) is 25.0 Å². The van der Waals surface area contributed by atoms with E-state index >= 15 is 0 Å². The molecule has 2 rings (SSSR count). The second-order valence-corrected chi connectivity index (χ2v) is 5.89. The summed E-state index contributed by atoms with van der Waals surface area (Å²) in [6, 6.07) is 1.96. The Kier molecular flexibility index (Phi) is 4.75. The Labute approximate surface area is 128 Å². The highest BCUT2D eigenvalue weighted by Gasteiger charge is 2.31. The molecule has 1 aliphatic rings. The maximum Gasteiger partial charge on any atom is 0.285 e. The van der Waals surface area contributed by atoms with Gasteiger partial charge in [0.15, 0.2) is 0 Å². The molecule has 1 amide bonds. The fourth-order valence-corrected chi connectivity index (χ4v) is 2.93. The normalized spacial score (nSPS) is 19.8. The van der Waals surface area contributed by atoms with Gasteiger partial charge in [-0.05, 0) is 44.7 Å². The summed E-state index contributed by atoms with van der Waals surface area (Å²) in [6.45, 7) is 4.27. The zero-order valence-electron chi connectivity index (χ0n) is 12.7. The molecule has 1 aromatic rings. The molecule has 6 nitrogen and oxygen atoms in total. The fourth-order valence-electron chi connectivity index (χ4n) is 2.93. The second-order valence-electron chi connectivity index (χ2n) is 5.89. The Morgan fingerprint density at radius 1 is 1.55 bits per heavy atom. The summed E-state index contributed by atoms with van der Waals surface area (Å²) in [5.41, 5.74) is 5.52. The van der Waals surface area contributed by atoms with E-state index in [4.69, 9.17) is 5.73 Å². The molecule has 1 aliphatic heterocycles. The molecule has 0 bridgehead atoms. The van der Waals surface area contributed by atoms with Crippen molar-refractivity contribution in [2.45, 2.75) is 32.7 Å². The number of rotatable bonds is 3. The topological polar surface area (TPSA) is 89.5 Å². The van der Waals surface area contributed by atoms with Crippen molar-refractivity contribution in [1.82, 2.24) is 4.90 Å². The summed E-state index contributed by atoms with van der Waals surface area (Å²) in [5.74, 6) is -0.988. The molecule has 0 spiro atoms. The van der Waals surface area contributed by atoms with E-state index in [0.29, 0.717) is 13.1 Å². The predicted octanol–water partition coefficient (Wildman–Crippen LogP) is 2.24. The fraction of sp³-hybridized carbons (Fsp3) is 0.533. The Morgan fingerprint density at radius 2 is 2.23 bits per heavy atom. The SMILES string of the molecule is Cc1cc(F)cc(C(=O)N2CCCC(C(C)N)C2)c1[N+](=O)[O-]. The van der Waals surface area contributed by atoms with Gasteiger partial charge in [-0.3, -0.25) is 14.9 Å². The molecule has 2 unspecified atom stereocenters. The number of aryl methyl sites for hydroxylation is 1. The second kappa shape index (κ2) is 6.39. The van der Waals surface area contributed by atoms with Gasteiger partial charge in [0.25, 0.3) is 11.6 Å². The van der Waals surface area contributed by atoms with Crippen molar-refractivity contribution in [2.75, 3.05) is 13.1 Å². The number of carbonyl (C=O) groups is 1. The smallest absolute Gasteiger partial charge is 0.285 e. The average molecular weight is 309 g/mol. The van der Waals surface area contributed by atoms with E-state index in [2.05, 4.69) is 0 Å². The van der Waals surface area contributed by atoms with Crippen molar-refractivity contribution in [1.29, 1.82) is 0 Å². The van der Waals surface area contributed by atoms with Gasteiger partial charge in [-0.1, -0.05) is 0 Å². The van der Waals surface area contributed by atoms with E-state index in [9.17, 15) is 19.3 Å². The van der Waals surface area contributed by atoms with Gasteiger partial charge in [-0.25, -0.2) is 4.39 Å². The number of nitro benzene ring substituents is 1. The minimum absolute atomic E-state index is 0.0557. The monoisotopic (exact) mass is 309 g/mol. The van der Waals surface area contributed by atoms with Crippen molar-refractivity contribution >= 4 is 11.6 Å². The van der Waals surface area contributed by atoms with E-state index < -0.39 is 16.6 Å². The maximum atomic E-state index is 13.6. The van der Waals surface area contributed by atoms with Crippen LogP contribution in [-0.2, 0) is 0 Å². The molecule has 1 saturated heterocycles. The van der Waals surface area contributed by atoms with E-state index in [-0.39, 0.29) is 28.8 Å².